The highest BCUT2D eigenvalue weighted by Gasteiger charge is 2.25. The zero-order chi connectivity index (χ0) is 21.7. The van der Waals surface area contributed by atoms with Gasteiger partial charge in [-0.2, -0.15) is 0 Å². The van der Waals surface area contributed by atoms with E-state index < -0.39 is 29.0 Å². The molecule has 0 atom stereocenters. The minimum Gasteiger partial charge on any atom is -0.497 e. The predicted molar refractivity (Wildman–Crippen MR) is 105 cm³/mol. The maximum Gasteiger partial charge on any atom is 0.344 e. The Hall–Kier alpha value is -3.88. The van der Waals surface area contributed by atoms with E-state index in [2.05, 4.69) is 15.3 Å². The highest BCUT2D eigenvalue weighted by Crippen LogP contribution is 2.29. The highest BCUT2D eigenvalue weighted by molar-refractivity contribution is 6.02. The van der Waals surface area contributed by atoms with Crippen molar-refractivity contribution in [2.45, 2.75) is 6.92 Å². The zero-order valence-electron chi connectivity index (χ0n) is 16.1. The largest absolute Gasteiger partial charge is 0.497 e. The number of aldehydes is 1. The van der Waals surface area contributed by atoms with E-state index in [1.807, 2.05) is 0 Å². The molecule has 0 unspecified atom stereocenters. The Balaban J connectivity index is 2.19. The van der Waals surface area contributed by atoms with Gasteiger partial charge in [-0.3, -0.25) is 4.79 Å². The Labute approximate surface area is 170 Å². The molecule has 154 valence electrons. The third-order valence-electron chi connectivity index (χ3n) is 4.07. The molecule has 0 spiro atoms. The Morgan fingerprint density at radius 3 is 2.33 bits per heavy atom. The van der Waals surface area contributed by atoms with Crippen LogP contribution in [0.15, 0.2) is 42.5 Å². The number of nitrogens with one attached hydrogen (secondary N) is 1. The lowest BCUT2D eigenvalue weighted by molar-refractivity contribution is 0.0524. The van der Waals surface area contributed by atoms with E-state index in [1.165, 1.54) is 13.2 Å². The van der Waals surface area contributed by atoms with Gasteiger partial charge >= 0.3 is 5.97 Å². The molecular weight excluding hydrogens is 396 g/mol. The number of halogens is 2. The van der Waals surface area contributed by atoms with Crippen LogP contribution >= 0.6 is 0 Å². The summed E-state index contributed by atoms with van der Waals surface area (Å²) in [4.78, 5) is 32.1. The summed E-state index contributed by atoms with van der Waals surface area (Å²) in [6, 6.07) is 9.87. The van der Waals surface area contributed by atoms with Crippen LogP contribution in [0.25, 0.3) is 11.4 Å². The topological polar surface area (TPSA) is 90.4 Å². The van der Waals surface area contributed by atoms with Gasteiger partial charge in [0.2, 0.25) is 0 Å². The fourth-order valence-corrected chi connectivity index (χ4v) is 2.69. The molecule has 1 aromatic heterocycles. The maximum atomic E-state index is 14.3. The SMILES string of the molecule is CCOC(=O)c1c(C=O)nc(-c2c(F)cccc2F)nc1Nc1ccc(OC)cc1. The summed E-state index contributed by atoms with van der Waals surface area (Å²) in [7, 11) is 1.51. The van der Waals surface area contributed by atoms with E-state index in [9.17, 15) is 18.4 Å². The standard InChI is InChI=1S/C21H17F2N3O4/c1-3-30-21(28)18-16(11-27)25-19(17-14(22)5-4-6-15(17)23)26-20(18)24-12-7-9-13(29-2)10-8-12/h4-11H,3H2,1-2H3,(H,24,25,26). The molecule has 0 saturated carbocycles. The highest BCUT2D eigenvalue weighted by atomic mass is 19.1. The number of esters is 1. The second-order valence-electron chi connectivity index (χ2n) is 5.94. The molecule has 0 fully saturated rings. The number of hydrogen-bond donors (Lipinski definition) is 1. The van der Waals surface area contributed by atoms with Gasteiger partial charge in [-0.15, -0.1) is 0 Å². The number of rotatable bonds is 7. The van der Waals surface area contributed by atoms with E-state index in [0.29, 0.717) is 17.7 Å². The molecule has 1 N–H and O–H groups in total. The fourth-order valence-electron chi connectivity index (χ4n) is 2.69. The Morgan fingerprint density at radius 2 is 1.77 bits per heavy atom. The number of benzene rings is 2. The van der Waals surface area contributed by atoms with Gasteiger partial charge in [-0.1, -0.05) is 6.07 Å². The van der Waals surface area contributed by atoms with E-state index >= 15 is 0 Å². The minimum absolute atomic E-state index is 0.0444. The number of ether oxygens (including phenoxy) is 2. The Bertz CT molecular complexity index is 1070. The minimum atomic E-state index is -0.911. The lowest BCUT2D eigenvalue weighted by Gasteiger charge is -2.14. The summed E-state index contributed by atoms with van der Waals surface area (Å²) < 4.78 is 38.6. The van der Waals surface area contributed by atoms with Gasteiger partial charge in [0.1, 0.15) is 34.5 Å². The molecule has 0 aliphatic rings. The van der Waals surface area contributed by atoms with Crippen LogP contribution in [0, 0.1) is 11.6 Å². The van der Waals surface area contributed by atoms with Crippen molar-refractivity contribution in [3.8, 4) is 17.1 Å². The molecule has 3 aromatic rings. The van der Waals surface area contributed by atoms with Crippen molar-refractivity contribution in [2.75, 3.05) is 19.0 Å². The van der Waals surface area contributed by atoms with Gasteiger partial charge in [0.15, 0.2) is 12.1 Å². The summed E-state index contributed by atoms with van der Waals surface area (Å²) in [5, 5.41) is 2.88. The van der Waals surface area contributed by atoms with Crippen LogP contribution in [0.2, 0.25) is 0 Å². The van der Waals surface area contributed by atoms with E-state index in [-0.39, 0.29) is 23.7 Å². The molecule has 9 heteroatoms. The number of carbonyl (C=O) groups excluding carboxylic acids is 2. The van der Waals surface area contributed by atoms with Gasteiger partial charge in [0.25, 0.3) is 0 Å². The third-order valence-corrected chi connectivity index (χ3v) is 4.07. The van der Waals surface area contributed by atoms with Crippen LogP contribution in [0.4, 0.5) is 20.3 Å². The summed E-state index contributed by atoms with van der Waals surface area (Å²) in [5.41, 5.74) is -0.647. The summed E-state index contributed by atoms with van der Waals surface area (Å²) in [6.07, 6.45) is 0.301. The molecule has 7 nitrogen and oxygen atoms in total. The predicted octanol–water partition coefficient (Wildman–Crippen LogP) is 4.16. The number of aromatic nitrogens is 2. The van der Waals surface area contributed by atoms with Crippen molar-refractivity contribution in [3.05, 3.63) is 65.4 Å². The van der Waals surface area contributed by atoms with E-state index in [0.717, 1.165) is 12.1 Å². The smallest absolute Gasteiger partial charge is 0.344 e. The van der Waals surface area contributed by atoms with Crippen molar-refractivity contribution in [2.24, 2.45) is 0 Å². The second kappa shape index (κ2) is 9.08. The van der Waals surface area contributed by atoms with Gasteiger partial charge < -0.3 is 14.8 Å². The molecule has 2 aromatic carbocycles. The Morgan fingerprint density at radius 1 is 1.10 bits per heavy atom. The van der Waals surface area contributed by atoms with Crippen molar-refractivity contribution in [1.29, 1.82) is 0 Å². The first kappa shape index (κ1) is 20.8. The van der Waals surface area contributed by atoms with Crippen molar-refractivity contribution >= 4 is 23.8 Å². The van der Waals surface area contributed by atoms with Crippen LogP contribution in [0.1, 0.15) is 27.8 Å². The van der Waals surface area contributed by atoms with Gasteiger partial charge in [0.05, 0.1) is 19.3 Å². The molecule has 0 amide bonds. The molecule has 30 heavy (non-hydrogen) atoms. The van der Waals surface area contributed by atoms with Crippen LogP contribution in [0.3, 0.4) is 0 Å². The lowest BCUT2D eigenvalue weighted by Crippen LogP contribution is -2.15. The fraction of sp³-hybridized carbons (Fsp3) is 0.143. The second-order valence-corrected chi connectivity index (χ2v) is 5.94. The molecule has 0 saturated heterocycles. The number of methoxy groups -OCH3 is 1. The van der Waals surface area contributed by atoms with E-state index in [1.54, 1.807) is 31.2 Å². The van der Waals surface area contributed by atoms with Gasteiger partial charge in [-0.05, 0) is 43.3 Å². The Kier molecular flexibility index (Phi) is 6.31. The van der Waals surface area contributed by atoms with Crippen molar-refractivity contribution in [3.63, 3.8) is 0 Å². The number of anilines is 2. The average molecular weight is 413 g/mol. The summed E-state index contributed by atoms with van der Waals surface area (Å²) in [6.45, 7) is 1.64. The molecule has 0 radical (unpaired) electrons. The molecule has 0 aliphatic carbocycles. The van der Waals surface area contributed by atoms with Gasteiger partial charge in [-0.25, -0.2) is 23.5 Å². The monoisotopic (exact) mass is 413 g/mol. The quantitative estimate of drug-likeness (QED) is 0.459. The number of nitrogens with zero attached hydrogens (tertiary/aromatic N) is 2. The van der Waals surface area contributed by atoms with Gasteiger partial charge in [0, 0.05) is 5.69 Å². The molecule has 0 aliphatic heterocycles. The molecule has 0 bridgehead atoms. The molecule has 1 heterocycles. The van der Waals surface area contributed by atoms with Crippen molar-refractivity contribution < 1.29 is 27.8 Å². The molecule has 3 rings (SSSR count). The normalized spacial score (nSPS) is 10.4. The number of hydrogen-bond acceptors (Lipinski definition) is 7. The summed E-state index contributed by atoms with van der Waals surface area (Å²) >= 11 is 0. The first-order chi connectivity index (χ1) is 14.5. The van der Waals surface area contributed by atoms with Crippen molar-refractivity contribution in [1.82, 2.24) is 9.97 Å². The van der Waals surface area contributed by atoms with Crippen LogP contribution in [0.5, 0.6) is 5.75 Å². The lowest BCUT2D eigenvalue weighted by atomic mass is 10.1. The average Bonchev–Trinajstić information content (AvgIpc) is 2.74. The van der Waals surface area contributed by atoms with E-state index in [4.69, 9.17) is 9.47 Å². The first-order valence-corrected chi connectivity index (χ1v) is 8.88. The molecular formula is C21H17F2N3O4. The van der Waals surface area contributed by atoms with Crippen LogP contribution in [-0.2, 0) is 4.74 Å². The first-order valence-electron chi connectivity index (χ1n) is 8.88. The third kappa shape index (κ3) is 4.24. The maximum absolute atomic E-state index is 14.3. The number of carbonyl (C=O) groups is 2. The summed E-state index contributed by atoms with van der Waals surface area (Å²) in [5.74, 6) is -2.60. The zero-order valence-corrected chi connectivity index (χ0v) is 16.1. The van der Waals surface area contributed by atoms with Crippen LogP contribution < -0.4 is 10.1 Å². The van der Waals surface area contributed by atoms with Crippen LogP contribution in [-0.4, -0.2) is 35.9 Å².